The lowest BCUT2D eigenvalue weighted by Crippen LogP contribution is -2.36. The Bertz CT molecular complexity index is 589. The van der Waals surface area contributed by atoms with Crippen molar-refractivity contribution in [1.29, 1.82) is 0 Å². The SMILES string of the molecule is CCN1CC(C(=O)NC(c2cncc(Br)c2)C2CC2)CC1=O. The maximum absolute atomic E-state index is 12.5. The highest BCUT2D eigenvalue weighted by Crippen LogP contribution is 2.41. The number of nitrogens with zero attached hydrogens (tertiary/aromatic N) is 2. The summed E-state index contributed by atoms with van der Waals surface area (Å²) in [5.74, 6) is 0.323. The number of carbonyl (C=O) groups is 2. The summed E-state index contributed by atoms with van der Waals surface area (Å²) in [6.07, 6.45) is 6.13. The zero-order valence-corrected chi connectivity index (χ0v) is 14.2. The first-order valence-electron chi connectivity index (χ1n) is 7.77. The smallest absolute Gasteiger partial charge is 0.225 e. The van der Waals surface area contributed by atoms with Gasteiger partial charge in [0.25, 0.3) is 0 Å². The van der Waals surface area contributed by atoms with E-state index in [1.807, 2.05) is 19.2 Å². The van der Waals surface area contributed by atoms with Gasteiger partial charge in [0.2, 0.25) is 11.8 Å². The van der Waals surface area contributed by atoms with Crippen molar-refractivity contribution in [2.75, 3.05) is 13.1 Å². The van der Waals surface area contributed by atoms with Crippen LogP contribution in [0, 0.1) is 11.8 Å². The summed E-state index contributed by atoms with van der Waals surface area (Å²) in [6.45, 7) is 3.15. The molecule has 2 atom stereocenters. The summed E-state index contributed by atoms with van der Waals surface area (Å²) in [5.41, 5.74) is 1.03. The molecule has 0 aromatic carbocycles. The molecule has 0 bridgehead atoms. The molecule has 1 aromatic heterocycles. The number of aromatic nitrogens is 1. The lowest BCUT2D eigenvalue weighted by Gasteiger charge is -2.21. The van der Waals surface area contributed by atoms with E-state index in [9.17, 15) is 9.59 Å². The van der Waals surface area contributed by atoms with E-state index >= 15 is 0 Å². The van der Waals surface area contributed by atoms with Crippen molar-refractivity contribution in [1.82, 2.24) is 15.2 Å². The van der Waals surface area contributed by atoms with Crippen LogP contribution in [0.2, 0.25) is 0 Å². The van der Waals surface area contributed by atoms with E-state index in [4.69, 9.17) is 0 Å². The van der Waals surface area contributed by atoms with Gasteiger partial charge < -0.3 is 10.2 Å². The van der Waals surface area contributed by atoms with Gasteiger partial charge in [0.05, 0.1) is 12.0 Å². The fourth-order valence-electron chi connectivity index (χ4n) is 3.03. The lowest BCUT2D eigenvalue weighted by atomic mass is 10.0. The first kappa shape index (κ1) is 15.5. The van der Waals surface area contributed by atoms with Crippen molar-refractivity contribution in [3.05, 3.63) is 28.5 Å². The topological polar surface area (TPSA) is 62.3 Å². The van der Waals surface area contributed by atoms with Crippen LogP contribution in [0.15, 0.2) is 22.9 Å². The summed E-state index contributed by atoms with van der Waals surface area (Å²) in [4.78, 5) is 30.3. The Labute approximate surface area is 138 Å². The third-order valence-corrected chi connectivity index (χ3v) is 4.88. The van der Waals surface area contributed by atoms with Gasteiger partial charge in [-0.25, -0.2) is 0 Å². The van der Waals surface area contributed by atoms with Crippen molar-refractivity contribution < 1.29 is 9.59 Å². The van der Waals surface area contributed by atoms with Gasteiger partial charge in [0, 0.05) is 36.4 Å². The molecule has 118 valence electrons. The van der Waals surface area contributed by atoms with Gasteiger partial charge >= 0.3 is 0 Å². The standard InChI is InChI=1S/C16H20BrN3O2/c1-2-20-9-12(6-14(20)21)16(22)19-15(10-3-4-10)11-5-13(17)8-18-7-11/h5,7-8,10,12,15H,2-4,6,9H2,1H3,(H,19,22). The van der Waals surface area contributed by atoms with Crippen molar-refractivity contribution in [2.45, 2.75) is 32.2 Å². The number of hydrogen-bond acceptors (Lipinski definition) is 3. The van der Waals surface area contributed by atoms with Crippen LogP contribution < -0.4 is 5.32 Å². The Morgan fingerprint density at radius 1 is 1.50 bits per heavy atom. The van der Waals surface area contributed by atoms with E-state index in [0.29, 0.717) is 25.4 Å². The van der Waals surface area contributed by atoms with Crippen molar-refractivity contribution in [2.24, 2.45) is 11.8 Å². The fraction of sp³-hybridized carbons (Fsp3) is 0.562. The number of likely N-dealkylation sites (tertiary alicyclic amines) is 1. The average Bonchev–Trinajstić information content (AvgIpc) is 3.26. The molecule has 5 nitrogen and oxygen atoms in total. The van der Waals surface area contributed by atoms with E-state index in [0.717, 1.165) is 22.9 Å². The Morgan fingerprint density at radius 2 is 2.27 bits per heavy atom. The molecule has 2 heterocycles. The van der Waals surface area contributed by atoms with Crippen LogP contribution in [0.4, 0.5) is 0 Å². The number of hydrogen-bond donors (Lipinski definition) is 1. The summed E-state index contributed by atoms with van der Waals surface area (Å²) in [7, 11) is 0. The van der Waals surface area contributed by atoms with E-state index < -0.39 is 0 Å². The fourth-order valence-corrected chi connectivity index (χ4v) is 3.41. The zero-order valence-electron chi connectivity index (χ0n) is 12.6. The van der Waals surface area contributed by atoms with Crippen LogP contribution in [0.3, 0.4) is 0 Å². The number of halogens is 1. The average molecular weight is 366 g/mol. The van der Waals surface area contributed by atoms with Crippen LogP contribution in [0.1, 0.15) is 37.8 Å². The van der Waals surface area contributed by atoms with Gasteiger partial charge in [-0.2, -0.15) is 0 Å². The zero-order chi connectivity index (χ0) is 15.7. The second kappa shape index (κ2) is 6.36. The minimum absolute atomic E-state index is 0.00304. The molecule has 1 saturated heterocycles. The van der Waals surface area contributed by atoms with Gasteiger partial charge in [0.15, 0.2) is 0 Å². The van der Waals surface area contributed by atoms with Crippen LogP contribution in [0.25, 0.3) is 0 Å². The molecule has 1 aromatic rings. The van der Waals surface area contributed by atoms with E-state index in [-0.39, 0.29) is 23.8 Å². The summed E-state index contributed by atoms with van der Waals surface area (Å²) in [5, 5.41) is 3.15. The molecule has 0 radical (unpaired) electrons. The van der Waals surface area contributed by atoms with Gasteiger partial charge in [0.1, 0.15) is 0 Å². The number of amides is 2. The Kier molecular flexibility index (Phi) is 4.47. The van der Waals surface area contributed by atoms with Crippen LogP contribution in [-0.2, 0) is 9.59 Å². The third kappa shape index (κ3) is 3.32. The first-order chi connectivity index (χ1) is 10.6. The molecule has 2 fully saturated rings. The maximum atomic E-state index is 12.5. The molecule has 1 aliphatic carbocycles. The predicted molar refractivity (Wildman–Crippen MR) is 85.9 cm³/mol. The van der Waals surface area contributed by atoms with Crippen LogP contribution in [0.5, 0.6) is 0 Å². The third-order valence-electron chi connectivity index (χ3n) is 4.44. The number of nitrogens with one attached hydrogen (secondary N) is 1. The molecule has 1 aliphatic heterocycles. The van der Waals surface area contributed by atoms with Crippen molar-refractivity contribution >= 4 is 27.7 Å². The van der Waals surface area contributed by atoms with Crippen LogP contribution >= 0.6 is 15.9 Å². The van der Waals surface area contributed by atoms with E-state index in [1.165, 1.54) is 0 Å². The highest BCUT2D eigenvalue weighted by Gasteiger charge is 2.38. The normalized spacial score (nSPS) is 22.7. The predicted octanol–water partition coefficient (Wildman–Crippen LogP) is 2.28. The Hall–Kier alpha value is -1.43. The first-order valence-corrected chi connectivity index (χ1v) is 8.56. The molecule has 2 aliphatic rings. The summed E-state index contributed by atoms with van der Waals surface area (Å²) >= 11 is 3.43. The van der Waals surface area contributed by atoms with Gasteiger partial charge in [-0.1, -0.05) is 0 Å². The number of rotatable bonds is 5. The minimum Gasteiger partial charge on any atom is -0.349 e. The highest BCUT2D eigenvalue weighted by atomic mass is 79.9. The Balaban J connectivity index is 1.69. The molecular weight excluding hydrogens is 346 g/mol. The summed E-state index contributed by atoms with van der Waals surface area (Å²) in [6, 6.07) is 2.01. The highest BCUT2D eigenvalue weighted by molar-refractivity contribution is 9.10. The lowest BCUT2D eigenvalue weighted by molar-refractivity contribution is -0.129. The van der Waals surface area contributed by atoms with Gasteiger partial charge in [-0.15, -0.1) is 0 Å². The molecule has 2 unspecified atom stereocenters. The van der Waals surface area contributed by atoms with Crippen molar-refractivity contribution in [3.63, 3.8) is 0 Å². The number of pyridine rings is 1. The maximum Gasteiger partial charge on any atom is 0.225 e. The molecule has 1 N–H and O–H groups in total. The molecule has 6 heteroatoms. The molecule has 2 amide bonds. The minimum atomic E-state index is -0.228. The number of carbonyl (C=O) groups excluding carboxylic acids is 2. The second-order valence-electron chi connectivity index (χ2n) is 6.09. The second-order valence-corrected chi connectivity index (χ2v) is 7.01. The summed E-state index contributed by atoms with van der Waals surface area (Å²) < 4.78 is 0.915. The van der Waals surface area contributed by atoms with Crippen LogP contribution in [-0.4, -0.2) is 34.8 Å². The van der Waals surface area contributed by atoms with Gasteiger partial charge in [-0.3, -0.25) is 14.6 Å². The largest absolute Gasteiger partial charge is 0.349 e. The molecule has 1 saturated carbocycles. The molecule has 22 heavy (non-hydrogen) atoms. The van der Waals surface area contributed by atoms with E-state index in [1.54, 1.807) is 11.1 Å². The molecular formula is C16H20BrN3O2. The van der Waals surface area contributed by atoms with Gasteiger partial charge in [-0.05, 0) is 53.2 Å². The molecule has 3 rings (SSSR count). The molecule has 0 spiro atoms. The monoisotopic (exact) mass is 365 g/mol. The quantitative estimate of drug-likeness (QED) is 0.870. The Morgan fingerprint density at radius 3 is 2.86 bits per heavy atom. The van der Waals surface area contributed by atoms with Crippen molar-refractivity contribution in [3.8, 4) is 0 Å². The van der Waals surface area contributed by atoms with E-state index in [2.05, 4.69) is 26.2 Å².